The minimum absolute atomic E-state index is 0.00622. The Hall–Kier alpha value is -2.79. The van der Waals surface area contributed by atoms with Crippen LogP contribution in [0, 0.1) is 0 Å². The SMILES string of the molecule is CN(CCCNC(=O)N1CC=C(c2ccc(O)cc2)CC1)Cc1ccccc1. The second kappa shape index (κ2) is 9.95. The van der Waals surface area contributed by atoms with Gasteiger partial charge in [0.1, 0.15) is 5.75 Å². The number of phenols is 1. The summed E-state index contributed by atoms with van der Waals surface area (Å²) >= 11 is 0. The van der Waals surface area contributed by atoms with Gasteiger partial charge in [0.05, 0.1) is 0 Å². The fourth-order valence-corrected chi connectivity index (χ4v) is 3.42. The largest absolute Gasteiger partial charge is 0.508 e. The average molecular weight is 380 g/mol. The van der Waals surface area contributed by atoms with Gasteiger partial charge in [0.15, 0.2) is 0 Å². The molecule has 0 bridgehead atoms. The van der Waals surface area contributed by atoms with Crippen molar-refractivity contribution in [3.05, 3.63) is 71.8 Å². The van der Waals surface area contributed by atoms with Gasteiger partial charge in [0.2, 0.25) is 0 Å². The van der Waals surface area contributed by atoms with Crippen molar-refractivity contribution in [3.8, 4) is 5.75 Å². The van der Waals surface area contributed by atoms with Crippen molar-refractivity contribution >= 4 is 11.6 Å². The molecule has 0 fully saturated rings. The third kappa shape index (κ3) is 5.86. The van der Waals surface area contributed by atoms with E-state index >= 15 is 0 Å². The van der Waals surface area contributed by atoms with E-state index in [1.54, 1.807) is 12.1 Å². The molecule has 2 aromatic carbocycles. The smallest absolute Gasteiger partial charge is 0.317 e. The molecule has 1 aliphatic heterocycles. The van der Waals surface area contributed by atoms with Gasteiger partial charge in [0, 0.05) is 26.2 Å². The molecule has 0 aromatic heterocycles. The maximum atomic E-state index is 12.4. The first-order valence-electron chi connectivity index (χ1n) is 9.85. The normalized spacial score (nSPS) is 14.1. The summed E-state index contributed by atoms with van der Waals surface area (Å²) < 4.78 is 0. The van der Waals surface area contributed by atoms with Crippen LogP contribution in [0.3, 0.4) is 0 Å². The van der Waals surface area contributed by atoms with Crippen molar-refractivity contribution in [1.82, 2.24) is 15.1 Å². The van der Waals surface area contributed by atoms with E-state index in [9.17, 15) is 9.90 Å². The molecule has 0 spiro atoms. The molecule has 5 heteroatoms. The topological polar surface area (TPSA) is 55.8 Å². The van der Waals surface area contributed by atoms with E-state index in [2.05, 4.69) is 47.6 Å². The minimum Gasteiger partial charge on any atom is -0.508 e. The van der Waals surface area contributed by atoms with E-state index in [1.807, 2.05) is 23.1 Å². The van der Waals surface area contributed by atoms with Crippen molar-refractivity contribution in [1.29, 1.82) is 0 Å². The van der Waals surface area contributed by atoms with Crippen LogP contribution in [-0.2, 0) is 6.54 Å². The number of amides is 2. The summed E-state index contributed by atoms with van der Waals surface area (Å²) in [5.74, 6) is 0.274. The molecule has 148 valence electrons. The van der Waals surface area contributed by atoms with E-state index in [0.717, 1.165) is 31.5 Å². The Kier molecular flexibility index (Phi) is 7.09. The summed E-state index contributed by atoms with van der Waals surface area (Å²) in [4.78, 5) is 16.5. The first kappa shape index (κ1) is 20.0. The Bertz CT molecular complexity index is 787. The predicted octanol–water partition coefficient (Wildman–Crippen LogP) is 3.71. The molecule has 28 heavy (non-hydrogen) atoms. The van der Waals surface area contributed by atoms with Gasteiger partial charge in [-0.1, -0.05) is 48.5 Å². The number of benzene rings is 2. The summed E-state index contributed by atoms with van der Waals surface area (Å²) in [6.45, 7) is 3.89. The number of carbonyl (C=O) groups excluding carboxylic acids is 1. The number of urea groups is 1. The van der Waals surface area contributed by atoms with Gasteiger partial charge in [-0.2, -0.15) is 0 Å². The quantitative estimate of drug-likeness (QED) is 0.721. The van der Waals surface area contributed by atoms with Crippen molar-refractivity contribution in [2.75, 3.05) is 33.2 Å². The van der Waals surface area contributed by atoms with Gasteiger partial charge in [-0.15, -0.1) is 0 Å². The predicted molar refractivity (Wildman–Crippen MR) is 113 cm³/mol. The number of nitrogens with zero attached hydrogens (tertiary/aromatic N) is 2. The molecule has 2 aromatic rings. The third-order valence-corrected chi connectivity index (χ3v) is 5.02. The van der Waals surface area contributed by atoms with Gasteiger partial charge in [-0.25, -0.2) is 4.79 Å². The molecule has 1 aliphatic rings. The molecule has 0 saturated carbocycles. The summed E-state index contributed by atoms with van der Waals surface area (Å²) in [6, 6.07) is 17.7. The van der Waals surface area contributed by atoms with Gasteiger partial charge in [0.25, 0.3) is 0 Å². The van der Waals surface area contributed by atoms with E-state index < -0.39 is 0 Å². The molecule has 2 amide bonds. The monoisotopic (exact) mass is 379 g/mol. The van der Waals surface area contributed by atoms with Crippen molar-refractivity contribution in [3.63, 3.8) is 0 Å². The fourth-order valence-electron chi connectivity index (χ4n) is 3.42. The average Bonchev–Trinajstić information content (AvgIpc) is 2.72. The zero-order valence-corrected chi connectivity index (χ0v) is 16.5. The lowest BCUT2D eigenvalue weighted by Crippen LogP contribution is -2.42. The molecular formula is C23H29N3O2. The molecule has 0 atom stereocenters. The molecule has 1 heterocycles. The van der Waals surface area contributed by atoms with Crippen LogP contribution >= 0.6 is 0 Å². The second-order valence-corrected chi connectivity index (χ2v) is 7.28. The standard InChI is InChI=1S/C23H29N3O2/c1-25(18-19-6-3-2-4-7-19)15-5-14-24-23(28)26-16-12-21(13-17-26)20-8-10-22(27)11-9-20/h2-4,6-12,27H,5,13-18H2,1H3,(H,24,28). The number of aromatic hydroxyl groups is 1. The molecule has 0 aliphatic carbocycles. The van der Waals surface area contributed by atoms with E-state index in [-0.39, 0.29) is 11.8 Å². The summed E-state index contributed by atoms with van der Waals surface area (Å²) in [5, 5.41) is 12.4. The lowest BCUT2D eigenvalue weighted by molar-refractivity contribution is 0.202. The summed E-state index contributed by atoms with van der Waals surface area (Å²) in [7, 11) is 2.11. The molecule has 0 unspecified atom stereocenters. The molecule has 0 saturated heterocycles. The van der Waals surface area contributed by atoms with E-state index in [1.165, 1.54) is 11.1 Å². The molecule has 0 radical (unpaired) electrons. The van der Waals surface area contributed by atoms with Gasteiger partial charge in [-0.05, 0) is 55.3 Å². The maximum absolute atomic E-state index is 12.4. The van der Waals surface area contributed by atoms with Crippen molar-refractivity contribution in [2.45, 2.75) is 19.4 Å². The highest BCUT2D eigenvalue weighted by molar-refractivity contribution is 5.76. The number of carbonyl (C=O) groups is 1. The van der Waals surface area contributed by atoms with E-state index in [4.69, 9.17) is 0 Å². The number of hydrogen-bond donors (Lipinski definition) is 2. The zero-order chi connectivity index (χ0) is 19.8. The Morgan fingerprint density at radius 2 is 1.89 bits per heavy atom. The zero-order valence-electron chi connectivity index (χ0n) is 16.5. The Labute approximate surface area is 167 Å². The van der Waals surface area contributed by atoms with Crippen LogP contribution in [0.1, 0.15) is 24.0 Å². The number of nitrogens with one attached hydrogen (secondary N) is 1. The molecular weight excluding hydrogens is 350 g/mol. The van der Waals surface area contributed by atoms with Crippen LogP contribution in [0.4, 0.5) is 4.79 Å². The van der Waals surface area contributed by atoms with Gasteiger partial charge < -0.3 is 20.2 Å². The van der Waals surface area contributed by atoms with Crippen LogP contribution in [0.2, 0.25) is 0 Å². The Morgan fingerprint density at radius 3 is 2.57 bits per heavy atom. The molecule has 3 rings (SSSR count). The molecule has 2 N–H and O–H groups in total. The lowest BCUT2D eigenvalue weighted by Gasteiger charge is -2.27. The lowest BCUT2D eigenvalue weighted by atomic mass is 9.99. The third-order valence-electron chi connectivity index (χ3n) is 5.02. The second-order valence-electron chi connectivity index (χ2n) is 7.28. The maximum Gasteiger partial charge on any atom is 0.317 e. The molecule has 5 nitrogen and oxygen atoms in total. The van der Waals surface area contributed by atoms with E-state index in [0.29, 0.717) is 19.6 Å². The van der Waals surface area contributed by atoms with Crippen LogP contribution in [0.15, 0.2) is 60.7 Å². The first-order valence-corrected chi connectivity index (χ1v) is 9.85. The van der Waals surface area contributed by atoms with Crippen molar-refractivity contribution in [2.24, 2.45) is 0 Å². The minimum atomic E-state index is 0.00622. The van der Waals surface area contributed by atoms with Gasteiger partial charge >= 0.3 is 6.03 Å². The van der Waals surface area contributed by atoms with Crippen LogP contribution in [0.5, 0.6) is 5.75 Å². The number of hydrogen-bond acceptors (Lipinski definition) is 3. The highest BCUT2D eigenvalue weighted by Crippen LogP contribution is 2.23. The Morgan fingerprint density at radius 1 is 1.14 bits per heavy atom. The Balaban J connectivity index is 1.36. The fraction of sp³-hybridized carbons (Fsp3) is 0.348. The van der Waals surface area contributed by atoms with Crippen molar-refractivity contribution < 1.29 is 9.90 Å². The van der Waals surface area contributed by atoms with Crippen LogP contribution in [0.25, 0.3) is 5.57 Å². The highest BCUT2D eigenvalue weighted by atomic mass is 16.3. The van der Waals surface area contributed by atoms with Crippen LogP contribution in [-0.4, -0.2) is 54.2 Å². The summed E-state index contributed by atoms with van der Waals surface area (Å²) in [6.07, 6.45) is 3.86. The summed E-state index contributed by atoms with van der Waals surface area (Å²) in [5.41, 5.74) is 3.64. The number of rotatable bonds is 7. The van der Waals surface area contributed by atoms with Crippen LogP contribution < -0.4 is 5.32 Å². The van der Waals surface area contributed by atoms with Gasteiger partial charge in [-0.3, -0.25) is 0 Å². The highest BCUT2D eigenvalue weighted by Gasteiger charge is 2.17. The number of phenolic OH excluding ortho intramolecular Hbond substituents is 1. The first-order chi connectivity index (χ1) is 13.6.